The van der Waals surface area contributed by atoms with Gasteiger partial charge in [0.15, 0.2) is 0 Å². The predicted octanol–water partition coefficient (Wildman–Crippen LogP) is 3.52. The molecule has 9 heteroatoms. The van der Waals surface area contributed by atoms with E-state index in [0.29, 0.717) is 5.69 Å². The van der Waals surface area contributed by atoms with Crippen LogP contribution in [0.3, 0.4) is 0 Å². The van der Waals surface area contributed by atoms with Crippen LogP contribution in [0.5, 0.6) is 0 Å². The number of urea groups is 1. The molecule has 142 valence electrons. The number of rotatable bonds is 6. The SMILES string of the molecule is CC(C)C(NC(=O)Nc1ccccc1)C(=O)Nc1ccc(F)c([N+](=O)[O-])c1. The number of nitrogens with zero attached hydrogens (tertiary/aromatic N) is 1. The monoisotopic (exact) mass is 374 g/mol. The fourth-order valence-corrected chi connectivity index (χ4v) is 2.32. The molecule has 0 aliphatic heterocycles. The molecule has 0 bridgehead atoms. The Labute approximate surface area is 154 Å². The molecule has 0 aromatic heterocycles. The number of hydrogen-bond donors (Lipinski definition) is 3. The number of benzene rings is 2. The summed E-state index contributed by atoms with van der Waals surface area (Å²) in [6.07, 6.45) is 0. The molecule has 0 aliphatic rings. The fourth-order valence-electron chi connectivity index (χ4n) is 2.32. The topological polar surface area (TPSA) is 113 Å². The summed E-state index contributed by atoms with van der Waals surface area (Å²) in [6.45, 7) is 3.47. The van der Waals surface area contributed by atoms with Gasteiger partial charge in [-0.2, -0.15) is 4.39 Å². The summed E-state index contributed by atoms with van der Waals surface area (Å²) in [5, 5.41) is 18.4. The van der Waals surface area contributed by atoms with Gasteiger partial charge in [-0.1, -0.05) is 32.0 Å². The summed E-state index contributed by atoms with van der Waals surface area (Å²) < 4.78 is 13.4. The molecule has 3 amide bonds. The first-order chi connectivity index (χ1) is 12.8. The van der Waals surface area contributed by atoms with Gasteiger partial charge in [-0.25, -0.2) is 4.79 Å². The molecule has 0 heterocycles. The standard InChI is InChI=1S/C18H19FN4O4/c1-11(2)16(22-18(25)21-12-6-4-3-5-7-12)17(24)20-13-8-9-14(19)15(10-13)23(26)27/h3-11,16H,1-2H3,(H,20,24)(H2,21,22,25). The van der Waals surface area contributed by atoms with E-state index in [2.05, 4.69) is 16.0 Å². The van der Waals surface area contributed by atoms with Gasteiger partial charge in [0.1, 0.15) is 6.04 Å². The quantitative estimate of drug-likeness (QED) is 0.530. The minimum absolute atomic E-state index is 0.0593. The maximum absolute atomic E-state index is 13.4. The van der Waals surface area contributed by atoms with Crippen molar-refractivity contribution >= 4 is 29.0 Å². The molecule has 0 saturated carbocycles. The Bertz CT molecular complexity index is 843. The van der Waals surface area contributed by atoms with Crippen molar-refractivity contribution in [3.05, 3.63) is 64.5 Å². The molecule has 8 nitrogen and oxygen atoms in total. The van der Waals surface area contributed by atoms with Crippen LogP contribution in [0, 0.1) is 21.8 Å². The zero-order chi connectivity index (χ0) is 20.0. The zero-order valence-electron chi connectivity index (χ0n) is 14.7. The van der Waals surface area contributed by atoms with E-state index in [-0.39, 0.29) is 11.6 Å². The van der Waals surface area contributed by atoms with Crippen LogP contribution in [0.25, 0.3) is 0 Å². The molecule has 0 spiro atoms. The first kappa shape index (κ1) is 19.8. The summed E-state index contributed by atoms with van der Waals surface area (Å²) in [4.78, 5) is 34.6. The van der Waals surface area contributed by atoms with Crippen LogP contribution in [0.2, 0.25) is 0 Å². The van der Waals surface area contributed by atoms with Crippen molar-refractivity contribution in [1.29, 1.82) is 0 Å². The Morgan fingerprint density at radius 3 is 2.30 bits per heavy atom. The molecule has 0 radical (unpaired) electrons. The second-order valence-corrected chi connectivity index (χ2v) is 6.10. The number of carbonyl (C=O) groups is 2. The molecule has 1 unspecified atom stereocenters. The fraction of sp³-hybridized carbons (Fsp3) is 0.222. The van der Waals surface area contributed by atoms with Crippen molar-refractivity contribution in [2.24, 2.45) is 5.92 Å². The lowest BCUT2D eigenvalue weighted by Crippen LogP contribution is -2.48. The number of para-hydroxylation sites is 1. The average Bonchev–Trinajstić information content (AvgIpc) is 2.61. The summed E-state index contributed by atoms with van der Waals surface area (Å²) >= 11 is 0. The lowest BCUT2D eigenvalue weighted by Gasteiger charge is -2.22. The van der Waals surface area contributed by atoms with Crippen LogP contribution in [0.15, 0.2) is 48.5 Å². The molecule has 2 aromatic rings. The van der Waals surface area contributed by atoms with Gasteiger partial charge < -0.3 is 16.0 Å². The van der Waals surface area contributed by atoms with Gasteiger partial charge in [0, 0.05) is 17.4 Å². The molecular formula is C18H19FN4O4. The van der Waals surface area contributed by atoms with Crippen LogP contribution in [0.4, 0.5) is 26.2 Å². The summed E-state index contributed by atoms with van der Waals surface area (Å²) in [5.41, 5.74) is -0.125. The molecule has 2 rings (SSSR count). The van der Waals surface area contributed by atoms with Crippen LogP contribution < -0.4 is 16.0 Å². The predicted molar refractivity (Wildman–Crippen MR) is 98.9 cm³/mol. The Morgan fingerprint density at radius 1 is 1.04 bits per heavy atom. The van der Waals surface area contributed by atoms with Gasteiger partial charge in [0.2, 0.25) is 11.7 Å². The smallest absolute Gasteiger partial charge is 0.319 e. The van der Waals surface area contributed by atoms with Crippen molar-refractivity contribution in [1.82, 2.24) is 5.32 Å². The molecular weight excluding hydrogens is 355 g/mol. The molecule has 1 atom stereocenters. The van der Waals surface area contributed by atoms with E-state index in [4.69, 9.17) is 0 Å². The Kier molecular flexibility index (Phi) is 6.42. The number of halogens is 1. The highest BCUT2D eigenvalue weighted by molar-refractivity contribution is 5.99. The van der Waals surface area contributed by atoms with Gasteiger partial charge in [-0.05, 0) is 30.2 Å². The summed E-state index contributed by atoms with van der Waals surface area (Å²) in [5.74, 6) is -1.84. The number of nitro groups is 1. The first-order valence-electron chi connectivity index (χ1n) is 8.15. The number of amides is 3. The molecule has 0 aliphatic carbocycles. The third-order valence-electron chi connectivity index (χ3n) is 3.68. The number of nitro benzene ring substituents is 1. The first-order valence-corrected chi connectivity index (χ1v) is 8.15. The minimum atomic E-state index is -1.00. The van der Waals surface area contributed by atoms with Gasteiger partial charge in [0.25, 0.3) is 0 Å². The summed E-state index contributed by atoms with van der Waals surface area (Å²) in [6, 6.07) is 10.3. The van der Waals surface area contributed by atoms with Gasteiger partial charge in [-0.3, -0.25) is 14.9 Å². The van der Waals surface area contributed by atoms with Crippen molar-refractivity contribution in [2.45, 2.75) is 19.9 Å². The second kappa shape index (κ2) is 8.75. The van der Waals surface area contributed by atoms with E-state index >= 15 is 0 Å². The van der Waals surface area contributed by atoms with Crippen molar-refractivity contribution < 1.29 is 18.9 Å². The normalized spacial score (nSPS) is 11.6. The number of carbonyl (C=O) groups excluding carboxylic acids is 2. The molecule has 0 fully saturated rings. The van der Waals surface area contributed by atoms with Gasteiger partial charge in [-0.15, -0.1) is 0 Å². The van der Waals surface area contributed by atoms with Gasteiger partial charge in [0.05, 0.1) is 4.92 Å². The van der Waals surface area contributed by atoms with E-state index in [0.717, 1.165) is 12.1 Å². The number of hydrogen-bond acceptors (Lipinski definition) is 4. The lowest BCUT2D eigenvalue weighted by molar-refractivity contribution is -0.387. The zero-order valence-corrected chi connectivity index (χ0v) is 14.7. The van der Waals surface area contributed by atoms with Gasteiger partial charge >= 0.3 is 11.7 Å². The van der Waals surface area contributed by atoms with Crippen LogP contribution in [-0.2, 0) is 4.79 Å². The van der Waals surface area contributed by atoms with Crippen molar-refractivity contribution in [3.63, 3.8) is 0 Å². The minimum Gasteiger partial charge on any atom is -0.326 e. The van der Waals surface area contributed by atoms with Crippen LogP contribution >= 0.6 is 0 Å². The largest absolute Gasteiger partial charge is 0.326 e. The van der Waals surface area contributed by atoms with E-state index in [1.165, 1.54) is 6.07 Å². The van der Waals surface area contributed by atoms with E-state index < -0.39 is 34.4 Å². The average molecular weight is 374 g/mol. The maximum Gasteiger partial charge on any atom is 0.319 e. The number of anilines is 2. The van der Waals surface area contributed by atoms with E-state index in [9.17, 15) is 24.1 Å². The van der Waals surface area contributed by atoms with Crippen molar-refractivity contribution in [3.8, 4) is 0 Å². The third kappa shape index (κ3) is 5.50. The maximum atomic E-state index is 13.4. The van der Waals surface area contributed by atoms with Crippen LogP contribution in [0.1, 0.15) is 13.8 Å². The van der Waals surface area contributed by atoms with Crippen LogP contribution in [-0.4, -0.2) is 22.9 Å². The van der Waals surface area contributed by atoms with E-state index in [1.807, 2.05) is 0 Å². The second-order valence-electron chi connectivity index (χ2n) is 6.10. The Balaban J connectivity index is 2.07. The molecule has 2 aromatic carbocycles. The molecule has 27 heavy (non-hydrogen) atoms. The Morgan fingerprint density at radius 2 is 1.70 bits per heavy atom. The Hall–Kier alpha value is -3.49. The number of nitrogens with one attached hydrogen (secondary N) is 3. The highest BCUT2D eigenvalue weighted by atomic mass is 19.1. The lowest BCUT2D eigenvalue weighted by atomic mass is 10.0. The highest BCUT2D eigenvalue weighted by Gasteiger charge is 2.25. The van der Waals surface area contributed by atoms with E-state index in [1.54, 1.807) is 44.2 Å². The highest BCUT2D eigenvalue weighted by Crippen LogP contribution is 2.22. The summed E-state index contributed by atoms with van der Waals surface area (Å²) in [7, 11) is 0. The third-order valence-corrected chi connectivity index (χ3v) is 3.68. The molecule has 3 N–H and O–H groups in total. The molecule has 0 saturated heterocycles. The van der Waals surface area contributed by atoms with Crippen molar-refractivity contribution in [2.75, 3.05) is 10.6 Å².